The van der Waals surface area contributed by atoms with E-state index in [9.17, 15) is 0 Å². The molecule has 0 atom stereocenters. The van der Waals surface area contributed by atoms with Gasteiger partial charge in [-0.05, 0) is 23.8 Å². The second-order valence-corrected chi connectivity index (χ2v) is 2.78. The summed E-state index contributed by atoms with van der Waals surface area (Å²) in [6.07, 6.45) is 1.70. The van der Waals surface area contributed by atoms with Gasteiger partial charge < -0.3 is 10.2 Å². The van der Waals surface area contributed by atoms with E-state index >= 15 is 0 Å². The molecule has 2 rings (SSSR count). The molecule has 2 aromatic heterocycles. The van der Waals surface area contributed by atoms with E-state index in [1.54, 1.807) is 6.20 Å². The number of oxazole rings is 1. The Bertz CT molecular complexity index is 459. The molecule has 2 aromatic rings. The fraction of sp³-hybridized carbons (Fsp3) is 0.143. The van der Waals surface area contributed by atoms with Gasteiger partial charge in [0.25, 0.3) is 4.84 Å². The summed E-state index contributed by atoms with van der Waals surface area (Å²) in [6.45, 7) is 0.455. The fourth-order valence-electron chi connectivity index (χ4n) is 0.990. The van der Waals surface area contributed by atoms with E-state index in [1.807, 2.05) is 6.07 Å². The van der Waals surface area contributed by atoms with Gasteiger partial charge in [-0.25, -0.2) is 4.98 Å². The molecule has 0 fully saturated rings. The first-order valence-electron chi connectivity index (χ1n) is 3.47. The minimum absolute atomic E-state index is 0.340. The Morgan fingerprint density at radius 2 is 2.50 bits per heavy atom. The lowest BCUT2D eigenvalue weighted by Gasteiger charge is -1.92. The molecule has 12 heavy (non-hydrogen) atoms. The van der Waals surface area contributed by atoms with Crippen molar-refractivity contribution >= 4 is 23.4 Å². The van der Waals surface area contributed by atoms with E-state index in [4.69, 9.17) is 22.4 Å². The van der Waals surface area contributed by atoms with Crippen LogP contribution in [0.5, 0.6) is 0 Å². The number of aromatic amines is 1. The largest absolute Gasteiger partial charge is 0.428 e. The molecule has 0 aliphatic rings. The van der Waals surface area contributed by atoms with E-state index in [1.165, 1.54) is 0 Å². The standard InChI is InChI=1S/C7H7N3OS/c8-2-4-1-5-6(9-3-4)10-7(12)11-5/h1,3H,2,8H2,(H,9,10,12). The minimum Gasteiger partial charge on any atom is -0.428 e. The topological polar surface area (TPSA) is 67.8 Å². The molecular weight excluding hydrogens is 174 g/mol. The van der Waals surface area contributed by atoms with E-state index in [2.05, 4.69) is 9.97 Å². The number of nitrogens with one attached hydrogen (secondary N) is 1. The number of H-pyrrole nitrogens is 1. The molecular formula is C7H7N3OS. The third kappa shape index (κ3) is 1.13. The molecule has 62 valence electrons. The van der Waals surface area contributed by atoms with E-state index < -0.39 is 0 Å². The summed E-state index contributed by atoms with van der Waals surface area (Å²) in [4.78, 5) is 7.22. The monoisotopic (exact) mass is 181 g/mol. The minimum atomic E-state index is 0.340. The van der Waals surface area contributed by atoms with Crippen LogP contribution in [0.2, 0.25) is 0 Å². The van der Waals surface area contributed by atoms with Crippen molar-refractivity contribution in [2.45, 2.75) is 6.54 Å². The highest BCUT2D eigenvalue weighted by molar-refractivity contribution is 7.71. The highest BCUT2D eigenvalue weighted by Gasteiger charge is 2.00. The van der Waals surface area contributed by atoms with Crippen molar-refractivity contribution in [2.24, 2.45) is 5.73 Å². The molecule has 0 bridgehead atoms. The van der Waals surface area contributed by atoms with Gasteiger partial charge in [0.2, 0.25) is 0 Å². The Morgan fingerprint density at radius 3 is 3.25 bits per heavy atom. The highest BCUT2D eigenvalue weighted by Crippen LogP contribution is 2.11. The number of fused-ring (bicyclic) bond motifs is 1. The van der Waals surface area contributed by atoms with Crippen LogP contribution in [0.25, 0.3) is 11.2 Å². The Balaban J connectivity index is 2.74. The van der Waals surface area contributed by atoms with Crippen LogP contribution < -0.4 is 5.73 Å². The maximum Gasteiger partial charge on any atom is 0.268 e. The van der Waals surface area contributed by atoms with Crippen molar-refractivity contribution in [3.8, 4) is 0 Å². The molecule has 0 saturated carbocycles. The van der Waals surface area contributed by atoms with E-state index in [0.29, 0.717) is 22.6 Å². The second-order valence-electron chi connectivity index (χ2n) is 2.41. The summed E-state index contributed by atoms with van der Waals surface area (Å²) < 4.78 is 5.15. The molecule has 0 radical (unpaired) electrons. The lowest BCUT2D eigenvalue weighted by molar-refractivity contribution is 0.583. The number of nitrogens with zero attached hydrogens (tertiary/aromatic N) is 1. The fourth-order valence-corrected chi connectivity index (χ4v) is 1.18. The lowest BCUT2D eigenvalue weighted by Crippen LogP contribution is -1.96. The van der Waals surface area contributed by atoms with Crippen molar-refractivity contribution in [3.05, 3.63) is 22.7 Å². The predicted octanol–water partition coefficient (Wildman–Crippen LogP) is 1.34. The molecule has 0 spiro atoms. The lowest BCUT2D eigenvalue weighted by atomic mass is 10.3. The van der Waals surface area contributed by atoms with Crippen molar-refractivity contribution in [3.63, 3.8) is 0 Å². The zero-order chi connectivity index (χ0) is 8.55. The number of hydrogen-bond acceptors (Lipinski definition) is 4. The average Bonchev–Trinajstić information content (AvgIpc) is 2.43. The molecule has 4 nitrogen and oxygen atoms in total. The van der Waals surface area contributed by atoms with Gasteiger partial charge in [0.1, 0.15) is 0 Å². The molecule has 0 unspecified atom stereocenters. The van der Waals surface area contributed by atoms with Crippen LogP contribution >= 0.6 is 12.2 Å². The molecule has 0 aromatic carbocycles. The Hall–Kier alpha value is -1.20. The van der Waals surface area contributed by atoms with Crippen LogP contribution in [0.4, 0.5) is 0 Å². The number of aromatic nitrogens is 2. The summed E-state index contributed by atoms with van der Waals surface area (Å²) in [6, 6.07) is 1.83. The van der Waals surface area contributed by atoms with Gasteiger partial charge in [0.15, 0.2) is 11.2 Å². The molecule has 0 saturated heterocycles. The van der Waals surface area contributed by atoms with Crippen LogP contribution in [-0.4, -0.2) is 9.97 Å². The summed E-state index contributed by atoms with van der Waals surface area (Å²) in [5.74, 6) is 0. The van der Waals surface area contributed by atoms with Gasteiger partial charge in [0.05, 0.1) is 0 Å². The average molecular weight is 181 g/mol. The maximum absolute atomic E-state index is 5.43. The van der Waals surface area contributed by atoms with Gasteiger partial charge in [0, 0.05) is 12.7 Å². The SMILES string of the molecule is NCc1cnc2[nH]c(=S)oc2c1. The van der Waals surface area contributed by atoms with E-state index in [-0.39, 0.29) is 0 Å². The zero-order valence-electron chi connectivity index (χ0n) is 6.20. The van der Waals surface area contributed by atoms with Crippen molar-refractivity contribution in [2.75, 3.05) is 0 Å². The van der Waals surface area contributed by atoms with Gasteiger partial charge in [-0.2, -0.15) is 0 Å². The molecule has 0 amide bonds. The molecule has 0 aliphatic carbocycles. The predicted molar refractivity (Wildman–Crippen MR) is 47.1 cm³/mol. The van der Waals surface area contributed by atoms with Crippen LogP contribution in [-0.2, 0) is 6.54 Å². The van der Waals surface area contributed by atoms with Crippen molar-refractivity contribution < 1.29 is 4.42 Å². The number of pyridine rings is 1. The molecule has 2 heterocycles. The van der Waals surface area contributed by atoms with E-state index in [0.717, 1.165) is 5.56 Å². The van der Waals surface area contributed by atoms with Crippen LogP contribution in [0.15, 0.2) is 16.7 Å². The van der Waals surface area contributed by atoms with Gasteiger partial charge >= 0.3 is 0 Å². The molecule has 3 N–H and O–H groups in total. The normalized spacial score (nSPS) is 10.8. The van der Waals surface area contributed by atoms with Gasteiger partial charge in [-0.15, -0.1) is 0 Å². The smallest absolute Gasteiger partial charge is 0.268 e. The summed E-state index contributed by atoms with van der Waals surface area (Å²) >= 11 is 4.80. The summed E-state index contributed by atoms with van der Waals surface area (Å²) in [5, 5.41) is 0. The van der Waals surface area contributed by atoms with Crippen molar-refractivity contribution in [1.29, 1.82) is 0 Å². The van der Waals surface area contributed by atoms with Gasteiger partial charge in [-0.3, -0.25) is 4.98 Å². The third-order valence-corrected chi connectivity index (χ3v) is 1.75. The summed E-state index contributed by atoms with van der Waals surface area (Å²) in [5.41, 5.74) is 7.68. The number of rotatable bonds is 1. The molecule has 5 heteroatoms. The summed E-state index contributed by atoms with van der Waals surface area (Å²) in [7, 11) is 0. The Labute approximate surface area is 73.4 Å². The van der Waals surface area contributed by atoms with Crippen molar-refractivity contribution in [1.82, 2.24) is 9.97 Å². The third-order valence-electron chi connectivity index (χ3n) is 1.57. The maximum atomic E-state index is 5.43. The Morgan fingerprint density at radius 1 is 1.67 bits per heavy atom. The first kappa shape index (κ1) is 7.45. The quantitative estimate of drug-likeness (QED) is 0.651. The first-order valence-corrected chi connectivity index (χ1v) is 3.88. The van der Waals surface area contributed by atoms with Crippen LogP contribution in [0, 0.1) is 4.84 Å². The van der Waals surface area contributed by atoms with Crippen LogP contribution in [0.3, 0.4) is 0 Å². The zero-order valence-corrected chi connectivity index (χ0v) is 7.02. The second kappa shape index (κ2) is 2.69. The van der Waals surface area contributed by atoms with Gasteiger partial charge in [-0.1, -0.05) is 0 Å². The Kier molecular flexibility index (Phi) is 1.67. The highest BCUT2D eigenvalue weighted by atomic mass is 32.1. The first-order chi connectivity index (χ1) is 5.79. The number of nitrogens with two attached hydrogens (primary N) is 1. The number of hydrogen-bond donors (Lipinski definition) is 2. The van der Waals surface area contributed by atoms with Crippen LogP contribution in [0.1, 0.15) is 5.56 Å². The molecule has 0 aliphatic heterocycles.